The largest absolute Gasteiger partial charge is 0.351 e. The summed E-state index contributed by atoms with van der Waals surface area (Å²) in [5, 5.41) is 21.6. The summed E-state index contributed by atoms with van der Waals surface area (Å²) >= 11 is 6.84. The Morgan fingerprint density at radius 3 is 3.04 bits per heavy atom. The lowest BCUT2D eigenvalue weighted by Gasteiger charge is -2.29. The minimum absolute atomic E-state index is 0.168. The van der Waals surface area contributed by atoms with Crippen molar-refractivity contribution in [3.05, 3.63) is 58.1 Å². The van der Waals surface area contributed by atoms with Crippen molar-refractivity contribution < 1.29 is 4.79 Å². The van der Waals surface area contributed by atoms with E-state index in [0.29, 0.717) is 10.7 Å². The molecule has 1 atom stereocenters. The molecule has 1 aromatic carbocycles. The van der Waals surface area contributed by atoms with Crippen LogP contribution in [0.15, 0.2) is 52.5 Å². The van der Waals surface area contributed by atoms with Gasteiger partial charge in [0.2, 0.25) is 0 Å². The zero-order chi connectivity index (χ0) is 17.4. The summed E-state index contributed by atoms with van der Waals surface area (Å²) in [7, 11) is 0. The number of rotatable bonds is 3. The van der Waals surface area contributed by atoms with Crippen molar-refractivity contribution in [2.45, 2.75) is 13.0 Å². The van der Waals surface area contributed by atoms with Gasteiger partial charge in [-0.25, -0.2) is 0 Å². The average molecular weight is 369 g/mol. The van der Waals surface area contributed by atoms with Crippen molar-refractivity contribution in [2.24, 2.45) is 0 Å². The van der Waals surface area contributed by atoms with E-state index < -0.39 is 0 Å². The number of thiophene rings is 1. The molecule has 0 spiro atoms. The second-order valence-corrected chi connectivity index (χ2v) is 6.94. The van der Waals surface area contributed by atoms with Gasteiger partial charge in [-0.1, -0.05) is 0 Å². The summed E-state index contributed by atoms with van der Waals surface area (Å²) in [6.07, 6.45) is 1.73. The lowest BCUT2D eigenvalue weighted by atomic mass is 9.97. The van der Waals surface area contributed by atoms with Crippen LogP contribution in [0.25, 0.3) is 10.9 Å². The molecule has 3 aromatic rings. The van der Waals surface area contributed by atoms with Crippen LogP contribution in [-0.2, 0) is 4.79 Å². The fourth-order valence-corrected chi connectivity index (χ4v) is 3.86. The molecule has 3 heterocycles. The minimum atomic E-state index is -0.266. The Bertz CT molecular complexity index is 990. The number of amides is 1. The van der Waals surface area contributed by atoms with Crippen molar-refractivity contribution >= 4 is 51.2 Å². The van der Waals surface area contributed by atoms with E-state index in [1.54, 1.807) is 17.5 Å². The monoisotopic (exact) mass is 369 g/mol. The smallest absolute Gasteiger partial charge is 0.255 e. The topological polar surface area (TPSA) is 81.8 Å². The molecule has 0 aliphatic carbocycles. The van der Waals surface area contributed by atoms with Gasteiger partial charge in [-0.15, -0.1) is 0 Å². The van der Waals surface area contributed by atoms with E-state index in [1.807, 2.05) is 41.9 Å². The van der Waals surface area contributed by atoms with Gasteiger partial charge in [-0.2, -0.15) is 16.4 Å². The van der Waals surface area contributed by atoms with E-state index in [9.17, 15) is 4.79 Å². The van der Waals surface area contributed by atoms with Gasteiger partial charge in [-0.05, 0) is 59.7 Å². The molecular weight excluding hydrogens is 354 g/mol. The summed E-state index contributed by atoms with van der Waals surface area (Å²) < 4.78 is 0. The fraction of sp³-hybridized carbons (Fsp3) is 0.118. The highest BCUT2D eigenvalue weighted by atomic mass is 32.1. The molecule has 126 valence electrons. The molecule has 6 nitrogen and oxygen atoms in total. The number of carbonyl (C=O) groups is 1. The Morgan fingerprint density at radius 2 is 2.24 bits per heavy atom. The number of nitrogens with one attached hydrogen (secondary N) is 4. The number of hydrogen-bond acceptors (Lipinski definition) is 4. The van der Waals surface area contributed by atoms with Gasteiger partial charge >= 0.3 is 0 Å². The first-order valence-electron chi connectivity index (χ1n) is 7.66. The number of benzene rings is 1. The summed E-state index contributed by atoms with van der Waals surface area (Å²) in [6, 6.07) is 7.36. The molecule has 1 amide bonds. The predicted molar refractivity (Wildman–Crippen MR) is 103 cm³/mol. The Hall–Kier alpha value is -2.71. The highest BCUT2D eigenvalue weighted by Crippen LogP contribution is 2.29. The van der Waals surface area contributed by atoms with Crippen molar-refractivity contribution in [3.63, 3.8) is 0 Å². The third-order valence-corrected chi connectivity index (χ3v) is 5.01. The summed E-state index contributed by atoms with van der Waals surface area (Å²) in [4.78, 5) is 13.0. The van der Waals surface area contributed by atoms with Gasteiger partial charge in [0.05, 0.1) is 23.3 Å². The molecular formula is C17H15N5OS2. The molecule has 1 unspecified atom stereocenters. The maximum absolute atomic E-state index is 13.0. The highest BCUT2D eigenvalue weighted by molar-refractivity contribution is 7.80. The Balaban J connectivity index is 1.66. The van der Waals surface area contributed by atoms with E-state index in [0.717, 1.165) is 27.9 Å². The number of fused-ring (bicyclic) bond motifs is 1. The first kappa shape index (κ1) is 15.8. The van der Waals surface area contributed by atoms with Gasteiger partial charge in [0.1, 0.15) is 0 Å². The Kier molecular flexibility index (Phi) is 3.98. The number of allylic oxidation sites excluding steroid dienone is 1. The molecule has 0 radical (unpaired) electrons. The van der Waals surface area contributed by atoms with Gasteiger partial charge < -0.3 is 16.0 Å². The third-order valence-electron chi connectivity index (χ3n) is 4.09. The summed E-state index contributed by atoms with van der Waals surface area (Å²) in [6.45, 7) is 1.86. The number of H-pyrrole nitrogens is 1. The molecule has 0 bridgehead atoms. The third kappa shape index (κ3) is 3.01. The molecule has 2 aromatic heterocycles. The van der Waals surface area contributed by atoms with Crippen LogP contribution in [-0.4, -0.2) is 21.2 Å². The molecule has 4 rings (SSSR count). The Morgan fingerprint density at radius 1 is 1.36 bits per heavy atom. The SMILES string of the molecule is CC1=C(C(=O)Nc2ccc3[nH]ncc3c2)C(c2ccsc2)NC(=S)N1. The van der Waals surface area contributed by atoms with E-state index in [-0.39, 0.29) is 11.9 Å². The standard InChI is InChI=1S/C17H15N5OS2/c1-9-14(15(21-17(24)19-9)10-4-5-25-8-10)16(23)20-12-2-3-13-11(6-12)7-18-22-13/h2-8,15H,1H3,(H,18,22)(H,20,23)(H2,19,21,24). The minimum Gasteiger partial charge on any atom is -0.351 e. The summed E-state index contributed by atoms with van der Waals surface area (Å²) in [5.74, 6) is -0.168. The highest BCUT2D eigenvalue weighted by Gasteiger charge is 2.30. The van der Waals surface area contributed by atoms with Gasteiger partial charge in [0.25, 0.3) is 5.91 Å². The number of nitrogens with zero attached hydrogens (tertiary/aromatic N) is 1. The number of hydrogen-bond donors (Lipinski definition) is 4. The zero-order valence-corrected chi connectivity index (χ0v) is 14.9. The molecule has 1 aliphatic rings. The average Bonchev–Trinajstić information content (AvgIpc) is 3.25. The van der Waals surface area contributed by atoms with Crippen LogP contribution in [0.2, 0.25) is 0 Å². The van der Waals surface area contributed by atoms with Crippen LogP contribution in [0.5, 0.6) is 0 Å². The lowest BCUT2D eigenvalue weighted by molar-refractivity contribution is -0.113. The van der Waals surface area contributed by atoms with Crippen LogP contribution in [0.3, 0.4) is 0 Å². The van der Waals surface area contributed by atoms with Gasteiger partial charge in [0, 0.05) is 16.8 Å². The number of thiocarbonyl (C=S) groups is 1. The van der Waals surface area contributed by atoms with Crippen molar-refractivity contribution in [3.8, 4) is 0 Å². The van der Waals surface area contributed by atoms with E-state index in [1.165, 1.54) is 0 Å². The normalized spacial score (nSPS) is 17.3. The predicted octanol–water partition coefficient (Wildman–Crippen LogP) is 3.06. The van der Waals surface area contributed by atoms with E-state index in [4.69, 9.17) is 12.2 Å². The molecule has 8 heteroatoms. The number of aromatic nitrogens is 2. The van der Waals surface area contributed by atoms with Crippen molar-refractivity contribution in [1.82, 2.24) is 20.8 Å². The zero-order valence-electron chi connectivity index (χ0n) is 13.3. The molecule has 1 aliphatic heterocycles. The molecule has 0 saturated carbocycles. The molecule has 0 saturated heterocycles. The second-order valence-electron chi connectivity index (χ2n) is 5.75. The van der Waals surface area contributed by atoms with Gasteiger partial charge in [0.15, 0.2) is 5.11 Å². The Labute approximate surface area is 153 Å². The lowest BCUT2D eigenvalue weighted by Crippen LogP contribution is -2.45. The molecule has 25 heavy (non-hydrogen) atoms. The maximum Gasteiger partial charge on any atom is 0.255 e. The fourth-order valence-electron chi connectivity index (χ4n) is 2.90. The van der Waals surface area contributed by atoms with Crippen LogP contribution < -0.4 is 16.0 Å². The maximum atomic E-state index is 13.0. The summed E-state index contributed by atoms with van der Waals surface area (Å²) in [5.41, 5.74) is 4.04. The van der Waals surface area contributed by atoms with Crippen LogP contribution in [0, 0.1) is 0 Å². The molecule has 0 fully saturated rings. The first-order chi connectivity index (χ1) is 12.1. The number of carbonyl (C=O) groups excluding carboxylic acids is 1. The van der Waals surface area contributed by atoms with Crippen LogP contribution in [0.4, 0.5) is 5.69 Å². The number of aromatic amines is 1. The van der Waals surface area contributed by atoms with E-state index in [2.05, 4.69) is 26.1 Å². The van der Waals surface area contributed by atoms with Gasteiger partial charge in [-0.3, -0.25) is 9.89 Å². The molecule has 4 N–H and O–H groups in total. The van der Waals surface area contributed by atoms with Crippen LogP contribution in [0.1, 0.15) is 18.5 Å². The second kappa shape index (κ2) is 6.30. The van der Waals surface area contributed by atoms with Crippen LogP contribution >= 0.6 is 23.6 Å². The van der Waals surface area contributed by atoms with E-state index >= 15 is 0 Å². The van der Waals surface area contributed by atoms with Crippen molar-refractivity contribution in [1.29, 1.82) is 0 Å². The quantitative estimate of drug-likeness (QED) is 0.534. The number of anilines is 1. The first-order valence-corrected chi connectivity index (χ1v) is 9.02. The van der Waals surface area contributed by atoms with Crippen molar-refractivity contribution in [2.75, 3.05) is 5.32 Å².